The predicted molar refractivity (Wildman–Crippen MR) is 154 cm³/mol. The van der Waals surface area contributed by atoms with E-state index in [1.54, 1.807) is 0 Å². The third-order valence-corrected chi connectivity index (χ3v) is 7.37. The van der Waals surface area contributed by atoms with Gasteiger partial charge < -0.3 is 9.13 Å². The fraction of sp³-hybridized carbons (Fsp3) is 0.118. The SMILES string of the molecule is CC(C)(C)c1c2c(cc3c4ccccc4n(-c4ccccc4)c13)c1ccccc1n2-c1ccccc1. The van der Waals surface area contributed by atoms with Gasteiger partial charge in [0.25, 0.3) is 0 Å². The van der Waals surface area contributed by atoms with Crippen molar-refractivity contribution in [2.75, 3.05) is 0 Å². The summed E-state index contributed by atoms with van der Waals surface area (Å²) in [6.07, 6.45) is 0. The van der Waals surface area contributed by atoms with Gasteiger partial charge in [0, 0.05) is 38.5 Å². The van der Waals surface area contributed by atoms with Gasteiger partial charge in [-0.1, -0.05) is 93.6 Å². The van der Waals surface area contributed by atoms with E-state index in [0.29, 0.717) is 0 Å². The molecule has 0 aliphatic rings. The number of fused-ring (bicyclic) bond motifs is 6. The summed E-state index contributed by atoms with van der Waals surface area (Å²) in [7, 11) is 0. The van der Waals surface area contributed by atoms with E-state index in [2.05, 4.69) is 145 Å². The molecular weight excluding hydrogens is 436 g/mol. The van der Waals surface area contributed by atoms with Crippen molar-refractivity contribution in [1.82, 2.24) is 9.13 Å². The molecule has 0 bridgehead atoms. The average molecular weight is 465 g/mol. The standard InChI is InChI=1S/C34H28N2/c1-34(2,3)31-32-27(25-18-10-12-20-29(25)35(32)23-14-6-4-7-15-23)22-28-26-19-11-13-21-30(26)36(33(28)31)24-16-8-5-9-17-24/h4-22H,1-3H3. The first-order chi connectivity index (χ1) is 17.5. The van der Waals surface area contributed by atoms with Crippen molar-refractivity contribution in [2.45, 2.75) is 26.2 Å². The number of rotatable bonds is 2. The van der Waals surface area contributed by atoms with Crippen LogP contribution in [0.25, 0.3) is 55.0 Å². The van der Waals surface area contributed by atoms with Crippen molar-refractivity contribution < 1.29 is 0 Å². The van der Waals surface area contributed by atoms with Gasteiger partial charge in [-0.05, 0) is 47.9 Å². The summed E-state index contributed by atoms with van der Waals surface area (Å²) in [6, 6.07) is 41.7. The Hall–Kier alpha value is -4.30. The van der Waals surface area contributed by atoms with Crippen LogP contribution in [0.4, 0.5) is 0 Å². The highest BCUT2D eigenvalue weighted by atomic mass is 15.0. The van der Waals surface area contributed by atoms with Crippen molar-refractivity contribution in [3.05, 3.63) is 121 Å². The summed E-state index contributed by atoms with van der Waals surface area (Å²) < 4.78 is 4.94. The fourth-order valence-electron chi connectivity index (χ4n) is 5.97. The molecule has 0 saturated heterocycles. The van der Waals surface area contributed by atoms with Crippen LogP contribution in [-0.4, -0.2) is 9.13 Å². The molecule has 2 heteroatoms. The van der Waals surface area contributed by atoms with Crippen LogP contribution in [0.15, 0.2) is 115 Å². The van der Waals surface area contributed by atoms with Gasteiger partial charge in [-0.3, -0.25) is 0 Å². The Morgan fingerprint density at radius 2 is 0.833 bits per heavy atom. The molecule has 0 saturated carbocycles. The minimum atomic E-state index is -0.0976. The first kappa shape index (κ1) is 21.0. The third-order valence-electron chi connectivity index (χ3n) is 7.37. The molecule has 0 aliphatic heterocycles. The monoisotopic (exact) mass is 464 g/mol. The van der Waals surface area contributed by atoms with Crippen LogP contribution < -0.4 is 0 Å². The zero-order chi connectivity index (χ0) is 24.4. The van der Waals surface area contributed by atoms with E-state index in [1.807, 2.05) is 0 Å². The lowest BCUT2D eigenvalue weighted by Crippen LogP contribution is -2.15. The maximum absolute atomic E-state index is 2.47. The summed E-state index contributed by atoms with van der Waals surface area (Å²) in [6.45, 7) is 7.05. The molecule has 2 nitrogen and oxygen atoms in total. The number of nitrogens with zero attached hydrogens (tertiary/aromatic N) is 2. The number of hydrogen-bond acceptors (Lipinski definition) is 0. The molecule has 36 heavy (non-hydrogen) atoms. The minimum Gasteiger partial charge on any atom is -0.309 e. The maximum Gasteiger partial charge on any atom is 0.0599 e. The fourth-order valence-corrected chi connectivity index (χ4v) is 5.97. The Balaban J connectivity index is 1.82. The van der Waals surface area contributed by atoms with Crippen LogP contribution in [0.1, 0.15) is 26.3 Å². The predicted octanol–water partition coefficient (Wildman–Crippen LogP) is 9.18. The molecule has 0 spiro atoms. The van der Waals surface area contributed by atoms with Crippen LogP contribution in [0.3, 0.4) is 0 Å². The van der Waals surface area contributed by atoms with Crippen molar-refractivity contribution >= 4 is 43.6 Å². The highest BCUT2D eigenvalue weighted by Gasteiger charge is 2.29. The summed E-state index contributed by atoms with van der Waals surface area (Å²) in [5, 5.41) is 5.20. The van der Waals surface area contributed by atoms with Crippen molar-refractivity contribution in [1.29, 1.82) is 0 Å². The Morgan fingerprint density at radius 1 is 0.444 bits per heavy atom. The minimum absolute atomic E-state index is 0.0976. The number of hydrogen-bond donors (Lipinski definition) is 0. The highest BCUT2D eigenvalue weighted by molar-refractivity contribution is 6.21. The molecule has 0 fully saturated rings. The van der Waals surface area contributed by atoms with Gasteiger partial charge in [-0.2, -0.15) is 0 Å². The van der Waals surface area contributed by atoms with E-state index in [-0.39, 0.29) is 5.41 Å². The lowest BCUT2D eigenvalue weighted by Gasteiger charge is -2.25. The Kier molecular flexibility index (Phi) is 4.44. The molecule has 0 unspecified atom stereocenters. The van der Waals surface area contributed by atoms with Gasteiger partial charge in [-0.25, -0.2) is 0 Å². The highest BCUT2D eigenvalue weighted by Crippen LogP contribution is 2.46. The molecule has 0 radical (unpaired) electrons. The van der Waals surface area contributed by atoms with Crippen LogP contribution in [0.2, 0.25) is 0 Å². The molecule has 2 heterocycles. The van der Waals surface area contributed by atoms with Crippen LogP contribution in [-0.2, 0) is 5.41 Å². The summed E-state index contributed by atoms with van der Waals surface area (Å²) >= 11 is 0. The van der Waals surface area contributed by atoms with Crippen molar-refractivity contribution in [3.63, 3.8) is 0 Å². The Morgan fingerprint density at radius 3 is 1.25 bits per heavy atom. The average Bonchev–Trinajstić information content (AvgIpc) is 3.40. The molecule has 7 rings (SSSR count). The second-order valence-corrected chi connectivity index (χ2v) is 10.7. The van der Waals surface area contributed by atoms with E-state index in [4.69, 9.17) is 0 Å². The van der Waals surface area contributed by atoms with Crippen LogP contribution in [0, 0.1) is 0 Å². The van der Waals surface area contributed by atoms with Crippen molar-refractivity contribution in [2.24, 2.45) is 0 Å². The molecule has 7 aromatic rings. The van der Waals surface area contributed by atoms with E-state index in [1.165, 1.54) is 60.5 Å². The molecule has 0 aliphatic carbocycles. The second kappa shape index (κ2) is 7.60. The van der Waals surface area contributed by atoms with E-state index in [0.717, 1.165) is 0 Å². The van der Waals surface area contributed by atoms with E-state index < -0.39 is 0 Å². The van der Waals surface area contributed by atoms with Gasteiger partial charge in [0.15, 0.2) is 0 Å². The number of para-hydroxylation sites is 4. The van der Waals surface area contributed by atoms with Crippen LogP contribution in [0.5, 0.6) is 0 Å². The first-order valence-corrected chi connectivity index (χ1v) is 12.6. The van der Waals surface area contributed by atoms with Gasteiger partial charge in [0.1, 0.15) is 0 Å². The number of aromatic nitrogens is 2. The summed E-state index contributed by atoms with van der Waals surface area (Å²) in [5.41, 5.74) is 8.73. The zero-order valence-corrected chi connectivity index (χ0v) is 20.9. The normalized spacial score (nSPS) is 12.3. The van der Waals surface area contributed by atoms with Gasteiger partial charge in [-0.15, -0.1) is 0 Å². The van der Waals surface area contributed by atoms with E-state index in [9.17, 15) is 0 Å². The molecule has 0 amide bonds. The van der Waals surface area contributed by atoms with Gasteiger partial charge in [0.05, 0.1) is 22.1 Å². The van der Waals surface area contributed by atoms with E-state index >= 15 is 0 Å². The summed E-state index contributed by atoms with van der Waals surface area (Å²) in [4.78, 5) is 0. The molecular formula is C34H28N2. The maximum atomic E-state index is 2.47. The third kappa shape index (κ3) is 2.91. The smallest absolute Gasteiger partial charge is 0.0599 e. The van der Waals surface area contributed by atoms with Gasteiger partial charge in [0.2, 0.25) is 0 Å². The zero-order valence-electron chi connectivity index (χ0n) is 20.9. The Bertz CT molecular complexity index is 1760. The topological polar surface area (TPSA) is 9.86 Å². The second-order valence-electron chi connectivity index (χ2n) is 10.7. The lowest BCUT2D eigenvalue weighted by molar-refractivity contribution is 0.597. The Labute approximate surface area is 211 Å². The quantitative estimate of drug-likeness (QED) is 0.241. The largest absolute Gasteiger partial charge is 0.309 e. The van der Waals surface area contributed by atoms with Crippen molar-refractivity contribution in [3.8, 4) is 11.4 Å². The number of benzene rings is 5. The molecule has 0 atom stereocenters. The lowest BCUT2D eigenvalue weighted by atomic mass is 9.83. The van der Waals surface area contributed by atoms with Gasteiger partial charge >= 0.3 is 0 Å². The molecule has 174 valence electrons. The molecule has 2 aromatic heterocycles. The molecule has 5 aromatic carbocycles. The first-order valence-electron chi connectivity index (χ1n) is 12.6. The van der Waals surface area contributed by atoms with Crippen LogP contribution >= 0.6 is 0 Å². The molecule has 0 N–H and O–H groups in total. The summed E-state index contributed by atoms with van der Waals surface area (Å²) in [5.74, 6) is 0.